The number of hydrogen-bond acceptors (Lipinski definition) is 4. The average Bonchev–Trinajstić information content (AvgIpc) is 2.52. The van der Waals surface area contributed by atoms with Gasteiger partial charge in [0.05, 0.1) is 5.75 Å². The van der Waals surface area contributed by atoms with Crippen molar-refractivity contribution in [3.8, 4) is 0 Å². The van der Waals surface area contributed by atoms with E-state index in [9.17, 15) is 8.42 Å². The molecule has 0 radical (unpaired) electrons. The highest BCUT2D eigenvalue weighted by molar-refractivity contribution is 7.90. The van der Waals surface area contributed by atoms with Crippen LogP contribution in [0.5, 0.6) is 0 Å². The summed E-state index contributed by atoms with van der Waals surface area (Å²) in [6.07, 6.45) is 3.74. The normalized spacial score (nSPS) is 23.2. The Balaban J connectivity index is 2.18. The number of sulfone groups is 1. The topological polar surface area (TPSA) is 49.4 Å². The van der Waals surface area contributed by atoms with Gasteiger partial charge >= 0.3 is 0 Å². The van der Waals surface area contributed by atoms with Crippen LogP contribution in [0.4, 0.5) is 0 Å². The van der Waals surface area contributed by atoms with Crippen molar-refractivity contribution in [1.29, 1.82) is 0 Å². The Hall–Kier alpha value is -0.130. The Kier molecular flexibility index (Phi) is 4.34. The minimum atomic E-state index is -2.81. The van der Waals surface area contributed by atoms with Crippen molar-refractivity contribution < 1.29 is 8.42 Å². The van der Waals surface area contributed by atoms with Gasteiger partial charge in [-0.2, -0.15) is 0 Å². The Labute approximate surface area is 86.6 Å². The van der Waals surface area contributed by atoms with E-state index in [-0.39, 0.29) is 5.75 Å². The minimum absolute atomic E-state index is 0.260. The van der Waals surface area contributed by atoms with Crippen LogP contribution in [0.3, 0.4) is 0 Å². The number of likely N-dealkylation sites (N-methyl/N-ethyl adjacent to an activating group) is 1. The molecule has 0 aromatic heterocycles. The summed E-state index contributed by atoms with van der Waals surface area (Å²) in [6.45, 7) is 2.69. The van der Waals surface area contributed by atoms with E-state index in [0.29, 0.717) is 12.6 Å². The van der Waals surface area contributed by atoms with Gasteiger partial charge in [-0.05, 0) is 26.4 Å². The predicted octanol–water partition coefficient (Wildman–Crippen LogP) is -0.285. The van der Waals surface area contributed by atoms with Crippen LogP contribution in [0.2, 0.25) is 0 Å². The summed E-state index contributed by atoms with van der Waals surface area (Å²) in [5, 5.41) is 3.39. The third-order valence-electron chi connectivity index (χ3n) is 2.54. The van der Waals surface area contributed by atoms with Crippen LogP contribution >= 0.6 is 0 Å². The molecule has 1 saturated heterocycles. The Morgan fingerprint density at radius 3 is 2.71 bits per heavy atom. The first-order chi connectivity index (χ1) is 6.47. The fraction of sp³-hybridized carbons (Fsp3) is 1.00. The van der Waals surface area contributed by atoms with Gasteiger partial charge in [-0.1, -0.05) is 0 Å². The second-order valence-corrected chi connectivity index (χ2v) is 6.45. The van der Waals surface area contributed by atoms with Crippen molar-refractivity contribution in [2.75, 3.05) is 38.7 Å². The maximum atomic E-state index is 10.9. The molecule has 1 atom stereocenters. The van der Waals surface area contributed by atoms with E-state index in [1.54, 1.807) is 0 Å². The molecule has 0 amide bonds. The Morgan fingerprint density at radius 1 is 1.50 bits per heavy atom. The van der Waals surface area contributed by atoms with Gasteiger partial charge < -0.3 is 10.2 Å². The van der Waals surface area contributed by atoms with E-state index in [2.05, 4.69) is 10.2 Å². The summed E-state index contributed by atoms with van der Waals surface area (Å²) in [4.78, 5) is 2.09. The van der Waals surface area contributed by atoms with Gasteiger partial charge in [-0.25, -0.2) is 8.42 Å². The molecule has 0 spiro atoms. The molecule has 0 bridgehead atoms. The molecular weight excluding hydrogens is 200 g/mol. The lowest BCUT2D eigenvalue weighted by atomic mass is 10.2. The van der Waals surface area contributed by atoms with Crippen molar-refractivity contribution >= 4 is 9.84 Å². The first-order valence-corrected chi connectivity index (χ1v) is 7.13. The van der Waals surface area contributed by atoms with Crippen LogP contribution in [-0.4, -0.2) is 58.1 Å². The maximum absolute atomic E-state index is 10.9. The fourth-order valence-electron chi connectivity index (χ4n) is 1.70. The number of hydrogen-bond donors (Lipinski definition) is 1. The van der Waals surface area contributed by atoms with Gasteiger partial charge in [0, 0.05) is 25.4 Å². The summed E-state index contributed by atoms with van der Waals surface area (Å²) in [5.74, 6) is 0.260. The van der Waals surface area contributed by atoms with Crippen molar-refractivity contribution in [3.63, 3.8) is 0 Å². The highest BCUT2D eigenvalue weighted by Gasteiger charge is 2.16. The van der Waals surface area contributed by atoms with Gasteiger partial charge in [0.15, 0.2) is 0 Å². The largest absolute Gasteiger partial charge is 0.313 e. The standard InChI is InChI=1S/C9H20N2O2S/c1-11(6-7-14(2,12)13)8-9-4-3-5-10-9/h9-10H,3-8H2,1-2H3/t9-/m0/s1. The van der Waals surface area contributed by atoms with Crippen LogP contribution in [0.15, 0.2) is 0 Å². The first-order valence-electron chi connectivity index (χ1n) is 5.07. The quantitative estimate of drug-likeness (QED) is 0.692. The zero-order valence-electron chi connectivity index (χ0n) is 8.99. The molecule has 5 heteroatoms. The Bertz CT molecular complexity index is 258. The molecule has 1 rings (SSSR count). The molecule has 1 fully saturated rings. The van der Waals surface area contributed by atoms with E-state index < -0.39 is 9.84 Å². The van der Waals surface area contributed by atoms with Gasteiger partial charge in [-0.15, -0.1) is 0 Å². The molecule has 1 N–H and O–H groups in total. The van der Waals surface area contributed by atoms with Crippen LogP contribution < -0.4 is 5.32 Å². The van der Waals surface area contributed by atoms with E-state index in [1.807, 2.05) is 7.05 Å². The fourth-order valence-corrected chi connectivity index (χ4v) is 2.35. The summed E-state index contributed by atoms with van der Waals surface area (Å²) in [5.41, 5.74) is 0. The highest BCUT2D eigenvalue weighted by atomic mass is 32.2. The number of rotatable bonds is 5. The van der Waals surface area contributed by atoms with Gasteiger partial charge in [0.1, 0.15) is 9.84 Å². The molecule has 84 valence electrons. The molecule has 14 heavy (non-hydrogen) atoms. The zero-order chi connectivity index (χ0) is 10.6. The van der Waals surface area contributed by atoms with E-state index >= 15 is 0 Å². The number of nitrogens with zero attached hydrogens (tertiary/aromatic N) is 1. The molecule has 1 aliphatic heterocycles. The molecule has 0 unspecified atom stereocenters. The molecular formula is C9H20N2O2S. The predicted molar refractivity (Wildman–Crippen MR) is 58.2 cm³/mol. The smallest absolute Gasteiger partial charge is 0.148 e. The van der Waals surface area contributed by atoms with E-state index in [4.69, 9.17) is 0 Å². The SMILES string of the molecule is CN(CCS(C)(=O)=O)C[C@@H]1CCCN1. The third kappa shape index (κ3) is 4.93. The highest BCUT2D eigenvalue weighted by Crippen LogP contribution is 2.05. The zero-order valence-corrected chi connectivity index (χ0v) is 9.81. The van der Waals surface area contributed by atoms with Crippen LogP contribution in [0.25, 0.3) is 0 Å². The van der Waals surface area contributed by atoms with E-state index in [1.165, 1.54) is 19.1 Å². The molecule has 1 heterocycles. The van der Waals surface area contributed by atoms with Crippen molar-refractivity contribution in [3.05, 3.63) is 0 Å². The average molecular weight is 220 g/mol. The lowest BCUT2D eigenvalue weighted by molar-refractivity contribution is 0.315. The van der Waals surface area contributed by atoms with Gasteiger partial charge in [0.2, 0.25) is 0 Å². The van der Waals surface area contributed by atoms with E-state index in [0.717, 1.165) is 13.1 Å². The lowest BCUT2D eigenvalue weighted by Crippen LogP contribution is -2.37. The van der Waals surface area contributed by atoms with Crippen molar-refractivity contribution in [2.24, 2.45) is 0 Å². The van der Waals surface area contributed by atoms with Gasteiger partial charge in [-0.3, -0.25) is 0 Å². The summed E-state index contributed by atoms with van der Waals surface area (Å²) < 4.78 is 21.9. The second-order valence-electron chi connectivity index (χ2n) is 4.19. The van der Waals surface area contributed by atoms with Crippen LogP contribution in [0.1, 0.15) is 12.8 Å². The summed E-state index contributed by atoms with van der Waals surface area (Å²) in [6, 6.07) is 0.555. The summed E-state index contributed by atoms with van der Waals surface area (Å²) >= 11 is 0. The molecule has 0 saturated carbocycles. The summed E-state index contributed by atoms with van der Waals surface area (Å²) in [7, 11) is -0.838. The monoisotopic (exact) mass is 220 g/mol. The minimum Gasteiger partial charge on any atom is -0.313 e. The molecule has 4 nitrogen and oxygen atoms in total. The van der Waals surface area contributed by atoms with Crippen LogP contribution in [0, 0.1) is 0 Å². The molecule has 0 aromatic rings. The van der Waals surface area contributed by atoms with Crippen molar-refractivity contribution in [2.45, 2.75) is 18.9 Å². The molecule has 0 aromatic carbocycles. The van der Waals surface area contributed by atoms with Crippen LogP contribution in [-0.2, 0) is 9.84 Å². The Morgan fingerprint density at radius 2 is 2.21 bits per heavy atom. The third-order valence-corrected chi connectivity index (χ3v) is 3.46. The van der Waals surface area contributed by atoms with Crippen molar-refractivity contribution in [1.82, 2.24) is 10.2 Å². The van der Waals surface area contributed by atoms with Gasteiger partial charge in [0.25, 0.3) is 0 Å². The molecule has 0 aliphatic carbocycles. The number of nitrogens with one attached hydrogen (secondary N) is 1. The first kappa shape index (κ1) is 11.9. The maximum Gasteiger partial charge on any atom is 0.148 e. The lowest BCUT2D eigenvalue weighted by Gasteiger charge is -2.20. The second kappa shape index (κ2) is 5.09. The molecule has 1 aliphatic rings.